The summed E-state index contributed by atoms with van der Waals surface area (Å²) in [6.45, 7) is 6.12. The minimum absolute atomic E-state index is 0.0348. The van der Waals surface area contributed by atoms with Gasteiger partial charge in [0, 0.05) is 43.1 Å². The van der Waals surface area contributed by atoms with Crippen molar-refractivity contribution in [3.63, 3.8) is 0 Å². The Morgan fingerprint density at radius 1 is 1.22 bits per heavy atom. The third-order valence-electron chi connectivity index (χ3n) is 8.53. The van der Waals surface area contributed by atoms with Gasteiger partial charge in [-0.3, -0.25) is 14.5 Å². The number of likely N-dealkylation sites (tertiary alicyclic amines) is 1. The van der Waals surface area contributed by atoms with E-state index in [-0.39, 0.29) is 17.9 Å². The monoisotopic (exact) mass is 506 g/mol. The van der Waals surface area contributed by atoms with Crippen LogP contribution >= 0.6 is 0 Å². The molecule has 7 nitrogen and oxygen atoms in total. The van der Waals surface area contributed by atoms with Crippen LogP contribution in [0.25, 0.3) is 6.08 Å². The fourth-order valence-corrected chi connectivity index (χ4v) is 6.53. The highest BCUT2D eigenvalue weighted by Gasteiger charge is 2.61. The lowest BCUT2D eigenvalue weighted by Crippen LogP contribution is -2.68. The van der Waals surface area contributed by atoms with Crippen molar-refractivity contribution in [2.75, 3.05) is 26.7 Å². The van der Waals surface area contributed by atoms with Gasteiger partial charge in [0.1, 0.15) is 17.1 Å². The Morgan fingerprint density at radius 2 is 2.05 bits per heavy atom. The quantitative estimate of drug-likeness (QED) is 0.415. The van der Waals surface area contributed by atoms with Crippen molar-refractivity contribution in [3.8, 4) is 5.75 Å². The summed E-state index contributed by atoms with van der Waals surface area (Å²) in [5.74, 6) is 1.95. The Kier molecular flexibility index (Phi) is 7.17. The first-order chi connectivity index (χ1) is 17.8. The van der Waals surface area contributed by atoms with Gasteiger partial charge in [0.25, 0.3) is 0 Å². The Balaban J connectivity index is 1.44. The largest absolute Gasteiger partial charge is 0.497 e. The molecule has 1 N–H and O–H groups in total. The molecule has 0 radical (unpaired) electrons. The number of ether oxygens (including phenoxy) is 2. The van der Waals surface area contributed by atoms with E-state index in [9.17, 15) is 9.59 Å². The van der Waals surface area contributed by atoms with Crippen molar-refractivity contribution in [1.29, 1.82) is 0 Å². The van der Waals surface area contributed by atoms with E-state index in [0.717, 1.165) is 61.0 Å². The third kappa shape index (κ3) is 5.33. The molecule has 2 aliphatic carbocycles. The Hall–Kier alpha value is -3.06. The van der Waals surface area contributed by atoms with Gasteiger partial charge in [-0.05, 0) is 87.7 Å². The topological polar surface area (TPSA) is 81.0 Å². The number of carbonyl (C=O) groups excluding carboxylic acids is 2. The van der Waals surface area contributed by atoms with Crippen LogP contribution in [0.5, 0.6) is 5.75 Å². The second-order valence-corrected chi connectivity index (χ2v) is 11.0. The molecule has 2 heterocycles. The van der Waals surface area contributed by atoms with Crippen molar-refractivity contribution in [1.82, 2.24) is 10.2 Å². The predicted octanol–water partition coefficient (Wildman–Crippen LogP) is 4.63. The average Bonchev–Trinajstić information content (AvgIpc) is 3.60. The van der Waals surface area contributed by atoms with Gasteiger partial charge in [-0.15, -0.1) is 0 Å². The van der Waals surface area contributed by atoms with Gasteiger partial charge in [-0.25, -0.2) is 0 Å². The number of nitrogens with zero attached hydrogens (tertiary/aromatic N) is 1. The SMILES string of the molecule is COc1cccc([C@@]23CCN(CC4CC4)C[C@@]2(OC(C)=O)CC[C@@H](NC(=O)/C=C/c2ccoc2C)C3)c1. The first-order valence-corrected chi connectivity index (χ1v) is 13.4. The second kappa shape index (κ2) is 10.4. The molecule has 0 spiro atoms. The van der Waals surface area contributed by atoms with Crippen LogP contribution in [0.3, 0.4) is 0 Å². The molecule has 7 heteroatoms. The molecule has 5 rings (SSSR count). The fraction of sp³-hybridized carbons (Fsp3) is 0.533. The number of esters is 1. The van der Waals surface area contributed by atoms with Crippen molar-refractivity contribution in [3.05, 3.63) is 59.6 Å². The van der Waals surface area contributed by atoms with Gasteiger partial charge in [0.15, 0.2) is 0 Å². The van der Waals surface area contributed by atoms with E-state index in [1.807, 2.05) is 25.1 Å². The van der Waals surface area contributed by atoms with Crippen LogP contribution in [-0.4, -0.2) is 55.2 Å². The zero-order valence-corrected chi connectivity index (χ0v) is 22.1. The highest BCUT2D eigenvalue weighted by Crippen LogP contribution is 2.54. The maximum absolute atomic E-state index is 12.9. The molecular formula is C30H38N2O5. The maximum atomic E-state index is 12.9. The summed E-state index contributed by atoms with van der Waals surface area (Å²) < 4.78 is 17.3. The number of carbonyl (C=O) groups is 2. The molecule has 1 saturated heterocycles. The molecule has 0 bridgehead atoms. The fourth-order valence-electron chi connectivity index (χ4n) is 6.53. The third-order valence-corrected chi connectivity index (χ3v) is 8.53. The van der Waals surface area contributed by atoms with Crippen LogP contribution in [0.2, 0.25) is 0 Å². The normalized spacial score (nSPS) is 28.0. The molecule has 3 aliphatic rings. The number of amides is 1. The molecule has 0 unspecified atom stereocenters. The van der Waals surface area contributed by atoms with Crippen LogP contribution in [0.4, 0.5) is 0 Å². The van der Waals surface area contributed by atoms with Gasteiger partial charge >= 0.3 is 5.97 Å². The smallest absolute Gasteiger partial charge is 0.303 e. The number of fused-ring (bicyclic) bond motifs is 1. The van der Waals surface area contributed by atoms with Crippen molar-refractivity contribution < 1.29 is 23.5 Å². The van der Waals surface area contributed by atoms with Crippen molar-refractivity contribution >= 4 is 18.0 Å². The Bertz CT molecular complexity index is 1170. The summed E-state index contributed by atoms with van der Waals surface area (Å²) in [7, 11) is 1.67. The van der Waals surface area contributed by atoms with Crippen LogP contribution in [-0.2, 0) is 19.7 Å². The van der Waals surface area contributed by atoms with E-state index in [1.165, 1.54) is 19.8 Å². The van der Waals surface area contributed by atoms with Crippen LogP contribution in [0.1, 0.15) is 62.3 Å². The van der Waals surface area contributed by atoms with Crippen LogP contribution < -0.4 is 10.1 Å². The average molecular weight is 507 g/mol. The van der Waals surface area contributed by atoms with Gasteiger partial charge in [-0.1, -0.05) is 12.1 Å². The molecule has 198 valence electrons. The van der Waals surface area contributed by atoms with Gasteiger partial charge in [0.05, 0.1) is 13.4 Å². The van der Waals surface area contributed by atoms with E-state index < -0.39 is 11.0 Å². The number of hydrogen-bond acceptors (Lipinski definition) is 6. The van der Waals surface area contributed by atoms with E-state index in [0.29, 0.717) is 12.8 Å². The van der Waals surface area contributed by atoms with E-state index in [1.54, 1.807) is 25.5 Å². The number of rotatable bonds is 8. The number of piperidine rings is 1. The van der Waals surface area contributed by atoms with Crippen LogP contribution in [0.15, 0.2) is 47.1 Å². The molecule has 37 heavy (non-hydrogen) atoms. The summed E-state index contributed by atoms with van der Waals surface area (Å²) in [4.78, 5) is 27.9. The highest BCUT2D eigenvalue weighted by molar-refractivity contribution is 5.92. The summed E-state index contributed by atoms with van der Waals surface area (Å²) >= 11 is 0. The molecule has 3 atom stereocenters. The second-order valence-electron chi connectivity index (χ2n) is 11.0. The lowest BCUT2D eigenvalue weighted by Gasteiger charge is -2.59. The van der Waals surface area contributed by atoms with E-state index in [2.05, 4.69) is 22.3 Å². The van der Waals surface area contributed by atoms with Gasteiger partial charge < -0.3 is 19.2 Å². The number of nitrogens with one attached hydrogen (secondary N) is 1. The number of aryl methyl sites for hydroxylation is 1. The molecule has 3 fully saturated rings. The summed E-state index contributed by atoms with van der Waals surface area (Å²) in [6, 6.07) is 9.98. The standard InChI is InChI=1S/C30H38N2O5/c1-21-24(12-16-36-21)9-10-28(34)31-26-11-13-30(37-22(2)33)20-32(19-23-7-8-23)15-14-29(30,18-26)25-5-4-6-27(17-25)35-3/h4-6,9-10,12,16-17,23,26H,7-8,11,13-15,18-20H2,1-3H3,(H,31,34)/b10-9+/t26-,29+,30+/m1/s1. The molecule has 2 aromatic rings. The first kappa shape index (κ1) is 25.6. The molecular weight excluding hydrogens is 468 g/mol. The van der Waals surface area contributed by atoms with Crippen molar-refractivity contribution in [2.45, 2.75) is 69.4 Å². The number of benzene rings is 1. The van der Waals surface area contributed by atoms with Gasteiger partial charge in [0.2, 0.25) is 5.91 Å². The molecule has 1 aromatic carbocycles. The molecule has 2 saturated carbocycles. The summed E-state index contributed by atoms with van der Waals surface area (Å²) in [5.41, 5.74) is 0.934. The highest BCUT2D eigenvalue weighted by atomic mass is 16.6. The Labute approximate surface area is 219 Å². The lowest BCUT2D eigenvalue weighted by molar-refractivity contribution is -0.187. The minimum Gasteiger partial charge on any atom is -0.497 e. The predicted molar refractivity (Wildman–Crippen MR) is 141 cm³/mol. The summed E-state index contributed by atoms with van der Waals surface area (Å²) in [6.07, 6.45) is 10.6. The number of furan rings is 1. The number of hydrogen-bond donors (Lipinski definition) is 1. The van der Waals surface area contributed by atoms with Gasteiger partial charge in [-0.2, -0.15) is 0 Å². The first-order valence-electron chi connectivity index (χ1n) is 13.4. The van der Waals surface area contributed by atoms with Crippen LogP contribution in [0, 0.1) is 12.8 Å². The zero-order valence-electron chi connectivity index (χ0n) is 22.1. The summed E-state index contributed by atoms with van der Waals surface area (Å²) in [5, 5.41) is 3.24. The zero-order chi connectivity index (χ0) is 26.0. The number of methoxy groups -OCH3 is 1. The molecule has 1 amide bonds. The maximum Gasteiger partial charge on any atom is 0.303 e. The van der Waals surface area contributed by atoms with E-state index in [4.69, 9.17) is 13.9 Å². The lowest BCUT2D eigenvalue weighted by atomic mass is 9.55. The molecule has 1 aromatic heterocycles. The minimum atomic E-state index is -0.649. The van der Waals surface area contributed by atoms with Crippen molar-refractivity contribution in [2.24, 2.45) is 5.92 Å². The molecule has 1 aliphatic heterocycles. The Morgan fingerprint density at radius 3 is 2.76 bits per heavy atom. The van der Waals surface area contributed by atoms with E-state index >= 15 is 0 Å².